The molecule has 0 atom stereocenters. The zero-order valence-electron chi connectivity index (χ0n) is 13.2. The molecule has 2 aromatic rings. The first kappa shape index (κ1) is 17.1. The molecule has 2 rings (SSSR count). The van der Waals surface area contributed by atoms with Crippen LogP contribution < -0.4 is 11.1 Å². The van der Waals surface area contributed by atoms with E-state index in [4.69, 9.17) is 5.73 Å². The van der Waals surface area contributed by atoms with Crippen LogP contribution in [-0.2, 0) is 11.3 Å². The van der Waals surface area contributed by atoms with Crippen LogP contribution in [0.2, 0.25) is 0 Å². The van der Waals surface area contributed by atoms with Gasteiger partial charge >= 0.3 is 0 Å². The van der Waals surface area contributed by atoms with Crippen molar-refractivity contribution in [3.05, 3.63) is 48.3 Å². The molecular weight excluding hydrogens is 295 g/mol. The standard InChI is InChI=1S/C17H23FN4O/c18-15-11-14(6-7-16(15)22-10-9-20-13-22)12-21-17(23)5-3-1-2-4-8-19/h6-7,9-11,13H,1-5,8,12,19H2,(H,21,23). The fourth-order valence-electron chi connectivity index (χ4n) is 2.34. The number of nitrogens with zero attached hydrogens (tertiary/aromatic N) is 2. The lowest BCUT2D eigenvalue weighted by Gasteiger charge is -2.08. The van der Waals surface area contributed by atoms with Gasteiger partial charge in [-0.15, -0.1) is 0 Å². The Hall–Kier alpha value is -2.21. The quantitative estimate of drug-likeness (QED) is 0.698. The molecular formula is C17H23FN4O. The number of halogens is 1. The largest absolute Gasteiger partial charge is 0.352 e. The fourth-order valence-corrected chi connectivity index (χ4v) is 2.34. The van der Waals surface area contributed by atoms with Crippen molar-refractivity contribution < 1.29 is 9.18 Å². The molecule has 1 amide bonds. The van der Waals surface area contributed by atoms with Gasteiger partial charge in [0.1, 0.15) is 5.82 Å². The second-order valence-electron chi connectivity index (χ2n) is 5.49. The highest BCUT2D eigenvalue weighted by Gasteiger charge is 2.06. The van der Waals surface area contributed by atoms with Crippen LogP contribution in [0.1, 0.15) is 37.7 Å². The average molecular weight is 318 g/mol. The molecule has 1 heterocycles. The molecule has 5 nitrogen and oxygen atoms in total. The number of carbonyl (C=O) groups excluding carboxylic acids is 1. The van der Waals surface area contributed by atoms with Gasteiger partial charge in [-0.05, 0) is 37.1 Å². The lowest BCUT2D eigenvalue weighted by atomic mass is 10.1. The van der Waals surface area contributed by atoms with Gasteiger partial charge in [-0.3, -0.25) is 4.79 Å². The molecule has 0 fully saturated rings. The number of aromatic nitrogens is 2. The van der Waals surface area contributed by atoms with E-state index < -0.39 is 0 Å². The van der Waals surface area contributed by atoms with Gasteiger partial charge in [-0.2, -0.15) is 0 Å². The summed E-state index contributed by atoms with van der Waals surface area (Å²) in [5.74, 6) is -0.339. The van der Waals surface area contributed by atoms with E-state index in [0.717, 1.165) is 31.2 Å². The van der Waals surface area contributed by atoms with Crippen molar-refractivity contribution in [2.45, 2.75) is 38.6 Å². The number of carbonyl (C=O) groups is 1. The highest BCUT2D eigenvalue weighted by atomic mass is 19.1. The zero-order valence-corrected chi connectivity index (χ0v) is 13.2. The number of nitrogens with one attached hydrogen (secondary N) is 1. The molecule has 23 heavy (non-hydrogen) atoms. The van der Waals surface area contributed by atoms with E-state index in [1.807, 2.05) is 0 Å². The van der Waals surface area contributed by atoms with Crippen LogP contribution in [0, 0.1) is 5.82 Å². The van der Waals surface area contributed by atoms with Crippen LogP contribution in [0.15, 0.2) is 36.9 Å². The Labute approximate surface area is 135 Å². The van der Waals surface area contributed by atoms with Crippen molar-refractivity contribution in [2.24, 2.45) is 5.73 Å². The Bertz CT molecular complexity index is 613. The molecule has 0 saturated carbocycles. The third kappa shape index (κ3) is 5.49. The second-order valence-corrected chi connectivity index (χ2v) is 5.49. The monoisotopic (exact) mass is 318 g/mol. The Kier molecular flexibility index (Phi) is 6.75. The van der Waals surface area contributed by atoms with Crippen molar-refractivity contribution in [1.82, 2.24) is 14.9 Å². The molecule has 0 aliphatic carbocycles. The normalized spacial score (nSPS) is 10.7. The lowest BCUT2D eigenvalue weighted by molar-refractivity contribution is -0.121. The summed E-state index contributed by atoms with van der Waals surface area (Å²) in [5.41, 5.74) is 6.60. The summed E-state index contributed by atoms with van der Waals surface area (Å²) in [4.78, 5) is 15.6. The maximum atomic E-state index is 14.1. The van der Waals surface area contributed by atoms with E-state index in [1.165, 1.54) is 6.07 Å². The molecule has 6 heteroatoms. The Morgan fingerprint density at radius 3 is 2.78 bits per heavy atom. The van der Waals surface area contributed by atoms with Gasteiger partial charge in [0, 0.05) is 25.4 Å². The van der Waals surface area contributed by atoms with Crippen LogP contribution >= 0.6 is 0 Å². The number of hydrogen-bond acceptors (Lipinski definition) is 3. The number of amides is 1. The molecule has 0 spiro atoms. The fraction of sp³-hybridized carbons (Fsp3) is 0.412. The zero-order chi connectivity index (χ0) is 16.5. The number of imidazole rings is 1. The van der Waals surface area contributed by atoms with Crippen LogP contribution in [0.5, 0.6) is 0 Å². The Balaban J connectivity index is 1.77. The van der Waals surface area contributed by atoms with E-state index in [9.17, 15) is 9.18 Å². The molecule has 0 aliphatic rings. The van der Waals surface area contributed by atoms with Crippen LogP contribution in [0.25, 0.3) is 5.69 Å². The predicted molar refractivity (Wildman–Crippen MR) is 87.5 cm³/mol. The first-order valence-electron chi connectivity index (χ1n) is 7.94. The van der Waals surface area contributed by atoms with Crippen LogP contribution in [-0.4, -0.2) is 22.0 Å². The summed E-state index contributed by atoms with van der Waals surface area (Å²) in [5, 5.41) is 2.82. The minimum absolute atomic E-state index is 0.00292. The molecule has 0 saturated heterocycles. The lowest BCUT2D eigenvalue weighted by Crippen LogP contribution is -2.22. The Morgan fingerprint density at radius 2 is 2.09 bits per heavy atom. The minimum Gasteiger partial charge on any atom is -0.352 e. The highest BCUT2D eigenvalue weighted by Crippen LogP contribution is 2.15. The molecule has 124 valence electrons. The van der Waals surface area contributed by atoms with E-state index in [-0.39, 0.29) is 11.7 Å². The molecule has 0 aliphatic heterocycles. The first-order valence-corrected chi connectivity index (χ1v) is 7.94. The number of benzene rings is 1. The van der Waals surface area contributed by atoms with E-state index in [0.29, 0.717) is 25.2 Å². The average Bonchev–Trinajstić information content (AvgIpc) is 3.07. The van der Waals surface area contributed by atoms with Gasteiger partial charge in [0.15, 0.2) is 0 Å². The highest BCUT2D eigenvalue weighted by molar-refractivity contribution is 5.75. The smallest absolute Gasteiger partial charge is 0.220 e. The van der Waals surface area contributed by atoms with E-state index in [2.05, 4.69) is 10.3 Å². The maximum absolute atomic E-state index is 14.1. The van der Waals surface area contributed by atoms with Crippen molar-refractivity contribution in [3.63, 3.8) is 0 Å². The minimum atomic E-state index is -0.337. The number of rotatable bonds is 9. The molecule has 0 bridgehead atoms. The van der Waals surface area contributed by atoms with Gasteiger partial charge in [0.2, 0.25) is 5.91 Å². The third-order valence-corrected chi connectivity index (χ3v) is 3.64. The summed E-state index contributed by atoms with van der Waals surface area (Å²) >= 11 is 0. The number of unbranched alkanes of at least 4 members (excludes halogenated alkanes) is 3. The Morgan fingerprint density at radius 1 is 1.26 bits per heavy atom. The topological polar surface area (TPSA) is 72.9 Å². The van der Waals surface area contributed by atoms with Crippen molar-refractivity contribution in [1.29, 1.82) is 0 Å². The summed E-state index contributed by atoms with van der Waals surface area (Å²) in [6.07, 6.45) is 9.27. The molecule has 0 unspecified atom stereocenters. The summed E-state index contributed by atoms with van der Waals surface area (Å²) in [6.45, 7) is 1.04. The second kappa shape index (κ2) is 9.05. The van der Waals surface area contributed by atoms with Crippen molar-refractivity contribution in [2.75, 3.05) is 6.54 Å². The third-order valence-electron chi connectivity index (χ3n) is 3.64. The molecule has 1 aromatic heterocycles. The predicted octanol–water partition coefficient (Wildman–Crippen LogP) is 2.54. The van der Waals surface area contributed by atoms with E-state index in [1.54, 1.807) is 35.4 Å². The number of hydrogen-bond donors (Lipinski definition) is 2. The summed E-state index contributed by atoms with van der Waals surface area (Å²) < 4.78 is 15.7. The van der Waals surface area contributed by atoms with Gasteiger partial charge in [0.25, 0.3) is 0 Å². The molecule has 0 radical (unpaired) electrons. The first-order chi connectivity index (χ1) is 11.2. The van der Waals surface area contributed by atoms with Gasteiger partial charge in [-0.25, -0.2) is 9.37 Å². The summed E-state index contributed by atoms with van der Waals surface area (Å²) in [6, 6.07) is 4.93. The van der Waals surface area contributed by atoms with Gasteiger partial charge in [0.05, 0.1) is 12.0 Å². The maximum Gasteiger partial charge on any atom is 0.220 e. The van der Waals surface area contributed by atoms with Crippen molar-refractivity contribution in [3.8, 4) is 5.69 Å². The van der Waals surface area contributed by atoms with E-state index >= 15 is 0 Å². The SMILES string of the molecule is NCCCCCCC(=O)NCc1ccc(-n2ccnc2)c(F)c1. The molecule has 3 N–H and O–H groups in total. The molecule has 1 aromatic carbocycles. The van der Waals surface area contributed by atoms with Crippen LogP contribution in [0.3, 0.4) is 0 Å². The van der Waals surface area contributed by atoms with Crippen LogP contribution in [0.4, 0.5) is 4.39 Å². The van der Waals surface area contributed by atoms with Crippen molar-refractivity contribution >= 4 is 5.91 Å². The summed E-state index contributed by atoms with van der Waals surface area (Å²) in [7, 11) is 0. The van der Waals surface area contributed by atoms with Gasteiger partial charge in [-0.1, -0.05) is 18.9 Å². The number of nitrogens with two attached hydrogens (primary N) is 1. The van der Waals surface area contributed by atoms with Gasteiger partial charge < -0.3 is 15.6 Å².